The predicted molar refractivity (Wildman–Crippen MR) is 100 cm³/mol. The van der Waals surface area contributed by atoms with Gasteiger partial charge in [0.05, 0.1) is 7.11 Å². The zero-order valence-corrected chi connectivity index (χ0v) is 15.6. The Labute approximate surface area is 150 Å². The Hall–Kier alpha value is -1.85. The van der Waals surface area contributed by atoms with Gasteiger partial charge >= 0.3 is 0 Å². The lowest BCUT2D eigenvalue weighted by molar-refractivity contribution is 0.0477. The Balaban J connectivity index is 2.19. The van der Waals surface area contributed by atoms with Crippen molar-refractivity contribution in [1.29, 1.82) is 0 Å². The van der Waals surface area contributed by atoms with Crippen molar-refractivity contribution < 1.29 is 14.6 Å². The number of aliphatic hydroxyl groups is 1. The summed E-state index contributed by atoms with van der Waals surface area (Å²) in [6.07, 6.45) is 3.43. The van der Waals surface area contributed by atoms with Gasteiger partial charge in [-0.05, 0) is 62.5 Å². The van der Waals surface area contributed by atoms with Gasteiger partial charge in [-0.2, -0.15) is 0 Å². The lowest BCUT2D eigenvalue weighted by atomic mass is 9.89. The third-order valence-corrected chi connectivity index (χ3v) is 4.68. The van der Waals surface area contributed by atoms with Crippen LogP contribution in [0.2, 0.25) is 0 Å². The number of carbonyl (C=O) groups is 1. The maximum Gasteiger partial charge on any atom is 0.253 e. The molecule has 0 bridgehead atoms. The summed E-state index contributed by atoms with van der Waals surface area (Å²) in [5.74, 6) is 1.33. The number of methoxy groups -OCH3 is 1. The number of ether oxygens (including phenoxy) is 1. The highest BCUT2D eigenvalue weighted by Crippen LogP contribution is 2.26. The first kappa shape index (κ1) is 19.5. The molecular formula is C20H30N2O3. The first-order valence-electron chi connectivity index (χ1n) is 8.81. The van der Waals surface area contributed by atoms with Crippen LogP contribution in [0.3, 0.4) is 0 Å². The van der Waals surface area contributed by atoms with E-state index in [0.717, 1.165) is 30.8 Å². The topological polar surface area (TPSA) is 53.0 Å². The number of benzene rings is 1. The molecule has 2 atom stereocenters. The average molecular weight is 346 g/mol. The average Bonchev–Trinajstić information content (AvgIpc) is 2.60. The molecule has 1 heterocycles. The van der Waals surface area contributed by atoms with E-state index in [1.54, 1.807) is 7.11 Å². The van der Waals surface area contributed by atoms with Gasteiger partial charge in [0.2, 0.25) is 0 Å². The smallest absolute Gasteiger partial charge is 0.253 e. The standard InChI is InChI=1S/C20H30N2O3/c1-5-6-17-10-18(7-8-19(17)25-4)20(24)22-12-15(11-21(2)3)9-16(13-22)14-23/h5,7-8,10,15-16,23H,1,6,9,11-14H2,2-4H3/t15-,16+/m0/s1. The molecule has 1 amide bonds. The van der Waals surface area contributed by atoms with E-state index in [-0.39, 0.29) is 18.4 Å². The Morgan fingerprint density at radius 1 is 1.40 bits per heavy atom. The van der Waals surface area contributed by atoms with Crippen molar-refractivity contribution in [3.63, 3.8) is 0 Å². The summed E-state index contributed by atoms with van der Waals surface area (Å²) in [6.45, 7) is 6.16. The number of carbonyl (C=O) groups excluding carboxylic acids is 1. The molecule has 0 spiro atoms. The number of piperidine rings is 1. The second-order valence-electron chi connectivity index (χ2n) is 7.14. The van der Waals surface area contributed by atoms with Crippen molar-refractivity contribution in [3.8, 4) is 5.75 Å². The number of rotatable bonds is 7. The molecule has 0 aromatic heterocycles. The molecule has 2 rings (SSSR count). The predicted octanol–water partition coefficient (Wildman–Crippen LogP) is 2.06. The van der Waals surface area contributed by atoms with Crippen molar-refractivity contribution in [2.45, 2.75) is 12.8 Å². The van der Waals surface area contributed by atoms with Gasteiger partial charge in [0, 0.05) is 31.8 Å². The SMILES string of the molecule is C=CCc1cc(C(=O)N2C[C@H](CO)C[C@@H](CN(C)C)C2)ccc1OC. The van der Waals surface area contributed by atoms with Gasteiger partial charge in [-0.3, -0.25) is 4.79 Å². The highest BCUT2D eigenvalue weighted by Gasteiger charge is 2.30. The number of amides is 1. The lowest BCUT2D eigenvalue weighted by Crippen LogP contribution is -2.47. The quantitative estimate of drug-likeness (QED) is 0.768. The minimum absolute atomic E-state index is 0.0230. The number of likely N-dealkylation sites (tertiary alicyclic amines) is 1. The molecule has 0 radical (unpaired) electrons. The van der Waals surface area contributed by atoms with E-state index in [0.29, 0.717) is 24.4 Å². The molecule has 1 saturated heterocycles. The molecule has 1 aromatic carbocycles. The summed E-state index contributed by atoms with van der Waals surface area (Å²) in [4.78, 5) is 17.0. The van der Waals surface area contributed by atoms with Crippen molar-refractivity contribution in [2.75, 3.05) is 47.4 Å². The van der Waals surface area contributed by atoms with Gasteiger partial charge in [-0.25, -0.2) is 0 Å². The molecular weight excluding hydrogens is 316 g/mol. The molecule has 1 aromatic rings. The zero-order chi connectivity index (χ0) is 18.4. The second kappa shape index (κ2) is 9.02. The van der Waals surface area contributed by atoms with Crippen LogP contribution < -0.4 is 4.74 Å². The fraction of sp³-hybridized carbons (Fsp3) is 0.550. The fourth-order valence-electron chi connectivity index (χ4n) is 3.67. The second-order valence-corrected chi connectivity index (χ2v) is 7.14. The van der Waals surface area contributed by atoms with Gasteiger partial charge in [-0.1, -0.05) is 6.08 Å². The van der Waals surface area contributed by atoms with E-state index in [9.17, 15) is 9.90 Å². The lowest BCUT2D eigenvalue weighted by Gasteiger charge is -2.38. The summed E-state index contributed by atoms with van der Waals surface area (Å²) in [7, 11) is 5.71. The highest BCUT2D eigenvalue weighted by molar-refractivity contribution is 5.94. The third kappa shape index (κ3) is 5.06. The van der Waals surface area contributed by atoms with Crippen LogP contribution in [-0.2, 0) is 6.42 Å². The highest BCUT2D eigenvalue weighted by atomic mass is 16.5. The summed E-state index contributed by atoms with van der Waals surface area (Å²) in [5.41, 5.74) is 1.63. The van der Waals surface area contributed by atoms with Crippen LogP contribution in [0.4, 0.5) is 0 Å². The molecule has 5 nitrogen and oxygen atoms in total. The molecule has 1 fully saturated rings. The molecule has 0 saturated carbocycles. The van der Waals surface area contributed by atoms with Crippen molar-refractivity contribution >= 4 is 5.91 Å². The first-order valence-corrected chi connectivity index (χ1v) is 8.81. The Morgan fingerprint density at radius 3 is 2.72 bits per heavy atom. The van der Waals surface area contributed by atoms with Crippen LogP contribution in [0.1, 0.15) is 22.3 Å². The van der Waals surface area contributed by atoms with E-state index in [1.807, 2.05) is 43.3 Å². The van der Waals surface area contributed by atoms with Gasteiger partial charge in [0.25, 0.3) is 5.91 Å². The van der Waals surface area contributed by atoms with Gasteiger partial charge in [0.1, 0.15) is 5.75 Å². The maximum atomic E-state index is 13.0. The van der Waals surface area contributed by atoms with Crippen LogP contribution in [0.25, 0.3) is 0 Å². The van der Waals surface area contributed by atoms with Crippen LogP contribution in [-0.4, -0.2) is 68.3 Å². The van der Waals surface area contributed by atoms with Crippen molar-refractivity contribution in [1.82, 2.24) is 9.80 Å². The molecule has 0 unspecified atom stereocenters. The van der Waals surface area contributed by atoms with E-state index in [2.05, 4.69) is 11.5 Å². The summed E-state index contributed by atoms with van der Waals surface area (Å²) >= 11 is 0. The van der Waals surface area contributed by atoms with Crippen LogP contribution in [0.15, 0.2) is 30.9 Å². The van der Waals surface area contributed by atoms with Gasteiger partial charge < -0.3 is 19.6 Å². The minimum Gasteiger partial charge on any atom is -0.496 e. The first-order chi connectivity index (χ1) is 12.0. The van der Waals surface area contributed by atoms with Gasteiger partial charge in [0.15, 0.2) is 0 Å². The van der Waals surface area contributed by atoms with E-state index in [1.165, 1.54) is 0 Å². The van der Waals surface area contributed by atoms with Gasteiger partial charge in [-0.15, -0.1) is 6.58 Å². The zero-order valence-electron chi connectivity index (χ0n) is 15.6. The Morgan fingerprint density at radius 2 is 2.12 bits per heavy atom. The van der Waals surface area contributed by atoms with Crippen molar-refractivity contribution in [2.24, 2.45) is 11.8 Å². The molecule has 1 aliphatic heterocycles. The third-order valence-electron chi connectivity index (χ3n) is 4.68. The normalized spacial score (nSPS) is 20.6. The summed E-state index contributed by atoms with van der Waals surface area (Å²) in [5, 5.41) is 9.62. The fourth-order valence-corrected chi connectivity index (χ4v) is 3.67. The monoisotopic (exact) mass is 346 g/mol. The number of hydrogen-bond acceptors (Lipinski definition) is 4. The van der Waals surface area contributed by atoms with E-state index >= 15 is 0 Å². The summed E-state index contributed by atoms with van der Waals surface area (Å²) < 4.78 is 5.36. The van der Waals surface area contributed by atoms with E-state index in [4.69, 9.17) is 4.74 Å². The largest absolute Gasteiger partial charge is 0.496 e. The van der Waals surface area contributed by atoms with Crippen LogP contribution in [0, 0.1) is 11.8 Å². The van der Waals surface area contributed by atoms with Crippen LogP contribution >= 0.6 is 0 Å². The Kier molecular flexibility index (Phi) is 7.02. The molecule has 0 aliphatic carbocycles. The molecule has 1 N–H and O–H groups in total. The molecule has 25 heavy (non-hydrogen) atoms. The number of allylic oxidation sites excluding steroid dienone is 1. The number of aliphatic hydroxyl groups excluding tert-OH is 1. The molecule has 138 valence electrons. The molecule has 5 heteroatoms. The Bertz CT molecular complexity index is 601. The molecule has 1 aliphatic rings. The van der Waals surface area contributed by atoms with Crippen molar-refractivity contribution in [3.05, 3.63) is 42.0 Å². The van der Waals surface area contributed by atoms with E-state index < -0.39 is 0 Å². The summed E-state index contributed by atoms with van der Waals surface area (Å²) in [6, 6.07) is 5.56. The number of nitrogens with zero attached hydrogens (tertiary/aromatic N) is 2. The van der Waals surface area contributed by atoms with Crippen LogP contribution in [0.5, 0.6) is 5.75 Å². The minimum atomic E-state index is 0.0230. The number of hydrogen-bond donors (Lipinski definition) is 1. The maximum absolute atomic E-state index is 13.0.